The molecule has 114 valence electrons. The van der Waals surface area contributed by atoms with Gasteiger partial charge in [-0.15, -0.1) is 22.7 Å². The molecule has 0 unspecified atom stereocenters. The van der Waals surface area contributed by atoms with Gasteiger partial charge >= 0.3 is 0 Å². The Morgan fingerprint density at radius 2 is 2.00 bits per heavy atom. The maximum absolute atomic E-state index is 4.60. The standard InChI is InChI=1S/C14H21N5S2/c1-5-15-14(17-7-12-6-16-10(3)20-12)18-8-13-9(2)19-11(4)21-13/h6H,5,7-8H2,1-4H3,(H2,15,17,18). The number of hydrogen-bond donors (Lipinski definition) is 2. The van der Waals surface area contributed by atoms with Gasteiger partial charge in [-0.25, -0.2) is 15.0 Å². The molecule has 0 saturated heterocycles. The van der Waals surface area contributed by atoms with Crippen molar-refractivity contribution in [2.24, 2.45) is 4.99 Å². The molecular weight excluding hydrogens is 302 g/mol. The van der Waals surface area contributed by atoms with Crippen molar-refractivity contribution in [3.8, 4) is 0 Å². The summed E-state index contributed by atoms with van der Waals surface area (Å²) in [6, 6.07) is 0. The minimum absolute atomic E-state index is 0.654. The van der Waals surface area contributed by atoms with Gasteiger partial charge in [0.1, 0.15) is 0 Å². The number of hydrogen-bond acceptors (Lipinski definition) is 5. The third kappa shape index (κ3) is 4.78. The molecule has 0 aliphatic carbocycles. The Morgan fingerprint density at radius 3 is 2.57 bits per heavy atom. The highest BCUT2D eigenvalue weighted by Gasteiger charge is 2.06. The Bertz CT molecular complexity index is 615. The molecule has 2 N–H and O–H groups in total. The summed E-state index contributed by atoms with van der Waals surface area (Å²) in [5.74, 6) is 0.828. The molecule has 0 radical (unpaired) electrons. The smallest absolute Gasteiger partial charge is 0.191 e. The van der Waals surface area contributed by atoms with Crippen LogP contribution in [0.15, 0.2) is 11.2 Å². The quantitative estimate of drug-likeness (QED) is 0.656. The van der Waals surface area contributed by atoms with Crippen LogP contribution in [-0.2, 0) is 13.1 Å². The summed E-state index contributed by atoms with van der Waals surface area (Å²) in [6.45, 7) is 10.4. The third-order valence-corrected chi connectivity index (χ3v) is 4.79. The molecule has 0 fully saturated rings. The second-order valence-electron chi connectivity index (χ2n) is 4.64. The Morgan fingerprint density at radius 1 is 1.19 bits per heavy atom. The summed E-state index contributed by atoms with van der Waals surface area (Å²) < 4.78 is 0. The van der Waals surface area contributed by atoms with Gasteiger partial charge in [-0.05, 0) is 27.7 Å². The number of nitrogens with one attached hydrogen (secondary N) is 2. The molecule has 2 rings (SSSR count). The lowest BCUT2D eigenvalue weighted by molar-refractivity contribution is 0.820. The van der Waals surface area contributed by atoms with Crippen LogP contribution in [0.5, 0.6) is 0 Å². The number of nitrogens with zero attached hydrogens (tertiary/aromatic N) is 3. The number of aryl methyl sites for hydroxylation is 3. The number of rotatable bonds is 5. The molecule has 0 amide bonds. The van der Waals surface area contributed by atoms with Crippen molar-refractivity contribution < 1.29 is 0 Å². The lowest BCUT2D eigenvalue weighted by Gasteiger charge is -2.10. The van der Waals surface area contributed by atoms with Crippen LogP contribution in [0.25, 0.3) is 0 Å². The van der Waals surface area contributed by atoms with E-state index in [1.807, 2.05) is 27.0 Å². The molecule has 2 aromatic rings. The lowest BCUT2D eigenvalue weighted by atomic mass is 10.4. The molecule has 7 heteroatoms. The fraction of sp³-hybridized carbons (Fsp3) is 0.500. The first kappa shape index (κ1) is 15.9. The largest absolute Gasteiger partial charge is 0.357 e. The summed E-state index contributed by atoms with van der Waals surface area (Å²) in [5, 5.41) is 8.81. The van der Waals surface area contributed by atoms with E-state index in [-0.39, 0.29) is 0 Å². The second-order valence-corrected chi connectivity index (χ2v) is 7.24. The van der Waals surface area contributed by atoms with Crippen molar-refractivity contribution >= 4 is 28.6 Å². The van der Waals surface area contributed by atoms with Crippen LogP contribution in [0.4, 0.5) is 0 Å². The highest BCUT2D eigenvalue weighted by atomic mass is 32.1. The minimum Gasteiger partial charge on any atom is -0.357 e. The van der Waals surface area contributed by atoms with E-state index >= 15 is 0 Å². The van der Waals surface area contributed by atoms with Crippen LogP contribution in [0.1, 0.15) is 32.4 Å². The maximum Gasteiger partial charge on any atom is 0.191 e. The van der Waals surface area contributed by atoms with Gasteiger partial charge in [0.05, 0.1) is 28.8 Å². The molecule has 2 aromatic heterocycles. The fourth-order valence-electron chi connectivity index (χ4n) is 1.88. The summed E-state index contributed by atoms with van der Waals surface area (Å²) in [4.78, 5) is 15.7. The van der Waals surface area contributed by atoms with Crippen LogP contribution < -0.4 is 10.6 Å². The molecule has 0 aliphatic rings. The van der Waals surface area contributed by atoms with E-state index in [4.69, 9.17) is 0 Å². The van der Waals surface area contributed by atoms with Gasteiger partial charge in [-0.1, -0.05) is 0 Å². The summed E-state index contributed by atoms with van der Waals surface area (Å²) in [5.41, 5.74) is 1.10. The second kappa shape index (κ2) is 7.51. The van der Waals surface area contributed by atoms with Crippen molar-refractivity contribution in [3.63, 3.8) is 0 Å². The van der Waals surface area contributed by atoms with Crippen molar-refractivity contribution in [1.29, 1.82) is 0 Å². The normalized spacial score (nSPS) is 11.7. The molecule has 0 aromatic carbocycles. The van der Waals surface area contributed by atoms with Crippen molar-refractivity contribution in [2.45, 2.75) is 40.8 Å². The molecule has 0 spiro atoms. The van der Waals surface area contributed by atoms with Crippen LogP contribution in [0.3, 0.4) is 0 Å². The Labute approximate surface area is 133 Å². The first-order chi connectivity index (χ1) is 10.1. The number of guanidine groups is 1. The highest BCUT2D eigenvalue weighted by Crippen LogP contribution is 2.16. The third-order valence-electron chi connectivity index (χ3n) is 2.82. The SMILES string of the molecule is CCNC(=NCc1cnc(C)s1)NCc1sc(C)nc1C. The fourth-order valence-corrected chi connectivity index (χ4v) is 3.47. The van der Waals surface area contributed by atoms with E-state index in [1.165, 1.54) is 9.75 Å². The van der Waals surface area contributed by atoms with Crippen molar-refractivity contribution in [2.75, 3.05) is 6.54 Å². The molecule has 0 bridgehead atoms. The number of thiazole rings is 2. The van der Waals surface area contributed by atoms with E-state index in [0.717, 1.165) is 34.8 Å². The first-order valence-electron chi connectivity index (χ1n) is 6.95. The molecule has 0 atom stereocenters. The van der Waals surface area contributed by atoms with Crippen molar-refractivity contribution in [1.82, 2.24) is 20.6 Å². The maximum atomic E-state index is 4.60. The predicted octanol–water partition coefficient (Wildman–Crippen LogP) is 2.78. The summed E-state index contributed by atoms with van der Waals surface area (Å²) >= 11 is 3.41. The molecule has 21 heavy (non-hydrogen) atoms. The number of aromatic nitrogens is 2. The van der Waals surface area contributed by atoms with Gasteiger partial charge in [0, 0.05) is 22.5 Å². The van der Waals surface area contributed by atoms with E-state index in [0.29, 0.717) is 6.54 Å². The average Bonchev–Trinajstić information content (AvgIpc) is 2.99. The van der Waals surface area contributed by atoms with Gasteiger partial charge in [0.2, 0.25) is 0 Å². The number of aliphatic imine (C=N–C) groups is 1. The zero-order valence-corrected chi connectivity index (χ0v) is 14.5. The Kier molecular flexibility index (Phi) is 5.69. The van der Waals surface area contributed by atoms with Crippen LogP contribution in [0.2, 0.25) is 0 Å². The summed E-state index contributed by atoms with van der Waals surface area (Å²) in [6.07, 6.45) is 1.89. The van der Waals surface area contributed by atoms with E-state index < -0.39 is 0 Å². The molecular formula is C14H21N5S2. The molecule has 0 aliphatic heterocycles. The zero-order chi connectivity index (χ0) is 15.2. The van der Waals surface area contributed by atoms with Crippen LogP contribution in [0, 0.1) is 20.8 Å². The Hall–Kier alpha value is -1.47. The minimum atomic E-state index is 0.654. The predicted molar refractivity (Wildman–Crippen MR) is 90.1 cm³/mol. The zero-order valence-electron chi connectivity index (χ0n) is 12.9. The summed E-state index contributed by atoms with van der Waals surface area (Å²) in [7, 11) is 0. The van der Waals surface area contributed by atoms with Gasteiger partial charge in [0.25, 0.3) is 0 Å². The van der Waals surface area contributed by atoms with Gasteiger partial charge < -0.3 is 10.6 Å². The molecule has 2 heterocycles. The molecule has 5 nitrogen and oxygen atoms in total. The first-order valence-corrected chi connectivity index (χ1v) is 8.58. The highest BCUT2D eigenvalue weighted by molar-refractivity contribution is 7.11. The van der Waals surface area contributed by atoms with Crippen LogP contribution in [-0.4, -0.2) is 22.5 Å². The van der Waals surface area contributed by atoms with E-state index in [9.17, 15) is 0 Å². The lowest BCUT2D eigenvalue weighted by Crippen LogP contribution is -2.36. The van der Waals surface area contributed by atoms with Crippen molar-refractivity contribution in [3.05, 3.63) is 31.7 Å². The average molecular weight is 323 g/mol. The topological polar surface area (TPSA) is 62.2 Å². The monoisotopic (exact) mass is 323 g/mol. The van der Waals surface area contributed by atoms with Gasteiger partial charge in [0.15, 0.2) is 5.96 Å². The van der Waals surface area contributed by atoms with E-state index in [2.05, 4.69) is 32.5 Å². The van der Waals surface area contributed by atoms with Crippen LogP contribution >= 0.6 is 22.7 Å². The molecule has 0 saturated carbocycles. The van der Waals surface area contributed by atoms with Gasteiger partial charge in [-0.2, -0.15) is 0 Å². The Balaban J connectivity index is 1.96. The van der Waals surface area contributed by atoms with E-state index in [1.54, 1.807) is 22.7 Å². The van der Waals surface area contributed by atoms with Gasteiger partial charge in [-0.3, -0.25) is 0 Å².